The van der Waals surface area contributed by atoms with Gasteiger partial charge in [0.05, 0.1) is 22.7 Å². The Morgan fingerprint density at radius 3 is 2.37 bits per heavy atom. The average molecular weight is 898 g/mol. The third kappa shape index (κ3) is 9.19. The van der Waals surface area contributed by atoms with Gasteiger partial charge in [0.15, 0.2) is 17.5 Å². The van der Waals surface area contributed by atoms with E-state index in [1.807, 2.05) is 32.0 Å². The van der Waals surface area contributed by atoms with E-state index in [-0.39, 0.29) is 40.5 Å². The summed E-state index contributed by atoms with van der Waals surface area (Å²) in [4.78, 5) is 49.7. The number of phenolic OH excluding ortho intramolecular Hbond substituents is 1. The van der Waals surface area contributed by atoms with Crippen LogP contribution >= 0.6 is 0 Å². The van der Waals surface area contributed by atoms with Crippen molar-refractivity contribution in [2.24, 2.45) is 5.92 Å². The Morgan fingerprint density at radius 2 is 1.69 bits per heavy atom. The van der Waals surface area contributed by atoms with Crippen molar-refractivity contribution < 1.29 is 68.8 Å². The van der Waals surface area contributed by atoms with Gasteiger partial charge in [0.2, 0.25) is 12.4 Å². The molecular formula is C47H51N3O15. The minimum Gasteiger partial charge on any atom is -0.508 e. The van der Waals surface area contributed by atoms with Gasteiger partial charge >= 0.3 is 11.9 Å². The molecule has 65 heavy (non-hydrogen) atoms. The van der Waals surface area contributed by atoms with E-state index in [4.69, 9.17) is 23.5 Å². The first-order valence-electron chi connectivity index (χ1n) is 21.3. The molecule has 1 aliphatic heterocycles. The summed E-state index contributed by atoms with van der Waals surface area (Å²) in [7, 11) is 0. The highest BCUT2D eigenvalue weighted by molar-refractivity contribution is 5.95. The average Bonchev–Trinajstić information content (AvgIpc) is 4.03. The highest BCUT2D eigenvalue weighted by Gasteiger charge is 2.58. The van der Waals surface area contributed by atoms with Crippen LogP contribution < -0.4 is 20.3 Å². The van der Waals surface area contributed by atoms with Crippen LogP contribution in [0.15, 0.2) is 94.6 Å². The summed E-state index contributed by atoms with van der Waals surface area (Å²) in [6.07, 6.45) is -2.24. The Morgan fingerprint density at radius 1 is 0.969 bits per heavy atom. The number of aromatic nitrogens is 2. The second kappa shape index (κ2) is 18.7. The first-order chi connectivity index (χ1) is 31.2. The number of benzene rings is 3. The molecule has 18 nitrogen and oxygen atoms in total. The van der Waals surface area contributed by atoms with E-state index >= 15 is 0 Å². The lowest BCUT2D eigenvalue weighted by molar-refractivity contribution is -0.356. The van der Waals surface area contributed by atoms with Crippen molar-refractivity contribution in [1.82, 2.24) is 15.0 Å². The number of H-pyrrole nitrogens is 1. The molecule has 3 aromatic heterocycles. The van der Waals surface area contributed by atoms with Gasteiger partial charge < -0.3 is 69.5 Å². The number of hydrogen-bond donors (Lipinski definition) is 9. The number of fused-ring (bicyclic) bond motifs is 2. The highest BCUT2D eigenvalue weighted by atomic mass is 16.8. The number of carbonyl (C=O) groups is 2. The summed E-state index contributed by atoms with van der Waals surface area (Å²) < 4.78 is 25.0. The molecular weight excluding hydrogens is 847 g/mol. The maximum atomic E-state index is 13.8. The third-order valence-corrected chi connectivity index (χ3v) is 12.1. The van der Waals surface area contributed by atoms with Crippen molar-refractivity contribution in [2.75, 3.05) is 13.2 Å². The Labute approximate surface area is 371 Å². The van der Waals surface area contributed by atoms with Crippen molar-refractivity contribution in [1.29, 1.82) is 0 Å². The molecule has 0 radical (unpaired) electrons. The summed E-state index contributed by atoms with van der Waals surface area (Å²) in [5.74, 6) is -8.34. The number of aromatic amines is 1. The molecule has 8 rings (SSSR count). The van der Waals surface area contributed by atoms with E-state index < -0.39 is 79.0 Å². The molecule has 1 saturated carbocycles. The number of aromatic hydroxyl groups is 1. The van der Waals surface area contributed by atoms with Crippen LogP contribution in [0.1, 0.15) is 43.2 Å². The molecule has 3 aromatic carbocycles. The predicted molar refractivity (Wildman–Crippen MR) is 233 cm³/mol. The van der Waals surface area contributed by atoms with Crippen LogP contribution in [-0.2, 0) is 19.1 Å². The molecule has 344 valence electrons. The van der Waals surface area contributed by atoms with Crippen LogP contribution in [0.25, 0.3) is 44.3 Å². The number of nitrogens with zero attached hydrogens (tertiary/aromatic N) is 1. The maximum absolute atomic E-state index is 13.8. The molecule has 1 saturated heterocycles. The largest absolute Gasteiger partial charge is 0.508 e. The van der Waals surface area contributed by atoms with Crippen molar-refractivity contribution in [3.8, 4) is 33.9 Å². The number of nitrogens with one attached hydrogen (secondary N) is 2. The van der Waals surface area contributed by atoms with Gasteiger partial charge in [-0.15, -0.1) is 0 Å². The first kappa shape index (κ1) is 45.3. The Hall–Kier alpha value is -6.25. The van der Waals surface area contributed by atoms with Crippen LogP contribution in [0.3, 0.4) is 0 Å². The van der Waals surface area contributed by atoms with Crippen molar-refractivity contribution in [3.63, 3.8) is 0 Å². The number of esters is 1. The number of rotatable bonds is 16. The van der Waals surface area contributed by atoms with Gasteiger partial charge in [0.25, 0.3) is 5.79 Å². The van der Waals surface area contributed by atoms with Gasteiger partial charge in [-0.05, 0) is 81.1 Å². The zero-order valence-electron chi connectivity index (χ0n) is 35.5. The van der Waals surface area contributed by atoms with E-state index in [9.17, 15) is 50.1 Å². The third-order valence-electron chi connectivity index (χ3n) is 12.1. The van der Waals surface area contributed by atoms with E-state index in [1.54, 1.807) is 30.6 Å². The van der Waals surface area contributed by atoms with Crippen LogP contribution in [0.4, 0.5) is 0 Å². The first-order valence-corrected chi connectivity index (χ1v) is 21.3. The Bertz CT molecular complexity index is 2700. The molecule has 6 aromatic rings. The maximum Gasteiger partial charge on any atom is 0.324 e. The number of aryl methyl sites for hydroxylation is 2. The standard InChI is InChI=1S/C47H51N3O15/c1-24-17-25(2)19-28(18-24)38-37-27(13-15-48-37)21-50(38)65-42-40(55)41(56)43(47(60,23-52)64-45(59)36(44(57)58)34(14-16-51)49-29-5-3-4-6-29)63-46(42)62-31-11-12-32-35(20-31)61-22-33(39(32)54)26-7-9-30(53)10-8-26/h7-13,15,17-22,29,34,36,40-43,46,48-49,51-53,55-56,60H,3-6,14,16,23H2,1-2H3,(H,57,58)/t34-,36-,40+,41+,42-,43+,46-,47+/m0/s1. The van der Waals surface area contributed by atoms with Gasteiger partial charge in [-0.1, -0.05) is 42.2 Å². The molecule has 2 fully saturated rings. The fourth-order valence-electron chi connectivity index (χ4n) is 8.90. The fraction of sp³-hybridized carbons (Fsp3) is 0.383. The monoisotopic (exact) mass is 897 g/mol. The van der Waals surface area contributed by atoms with Crippen molar-refractivity contribution in [2.45, 2.75) is 94.5 Å². The van der Waals surface area contributed by atoms with Gasteiger partial charge in [-0.25, -0.2) is 0 Å². The van der Waals surface area contributed by atoms with Gasteiger partial charge in [-0.2, -0.15) is 4.73 Å². The molecule has 4 heterocycles. The number of phenols is 1. The summed E-state index contributed by atoms with van der Waals surface area (Å²) in [6.45, 7) is 1.94. The van der Waals surface area contributed by atoms with Gasteiger partial charge in [0.1, 0.15) is 47.9 Å². The quantitative estimate of drug-likeness (QED) is 0.0383. The Kier molecular flexibility index (Phi) is 13.0. The van der Waals surface area contributed by atoms with E-state index in [1.165, 1.54) is 41.3 Å². The van der Waals surface area contributed by atoms with Crippen molar-refractivity contribution >= 4 is 33.8 Å². The molecule has 2 aliphatic rings. The van der Waals surface area contributed by atoms with Gasteiger partial charge in [-0.3, -0.25) is 14.4 Å². The summed E-state index contributed by atoms with van der Waals surface area (Å²) in [5, 5.41) is 80.0. The number of carbonyl (C=O) groups excluding carboxylic acids is 1. The van der Waals surface area contributed by atoms with E-state index in [0.29, 0.717) is 35.0 Å². The topological polar surface area (TPSA) is 276 Å². The normalized spacial score (nSPS) is 22.1. The minimum absolute atomic E-state index is 0.0160. The number of carboxylic acid groups (broad SMARTS) is 1. The van der Waals surface area contributed by atoms with Crippen LogP contribution in [-0.4, -0.2) is 119 Å². The van der Waals surface area contributed by atoms with Crippen LogP contribution in [0.5, 0.6) is 11.5 Å². The number of aliphatic carboxylic acids is 1. The highest BCUT2D eigenvalue weighted by Crippen LogP contribution is 2.36. The van der Waals surface area contributed by atoms with Crippen molar-refractivity contribution in [3.05, 3.63) is 107 Å². The Balaban J connectivity index is 1.15. The molecule has 0 amide bonds. The predicted octanol–water partition coefficient (Wildman–Crippen LogP) is 3.26. The van der Waals surface area contributed by atoms with Crippen LogP contribution in [0, 0.1) is 19.8 Å². The lowest BCUT2D eigenvalue weighted by atomic mass is 9.92. The second-order valence-corrected chi connectivity index (χ2v) is 16.8. The number of aliphatic hydroxyl groups excluding tert-OH is 4. The number of ether oxygens (including phenoxy) is 3. The molecule has 18 heteroatoms. The number of carboxylic acids is 1. The number of hydrogen-bond acceptors (Lipinski definition) is 15. The smallest absolute Gasteiger partial charge is 0.324 e. The summed E-state index contributed by atoms with van der Waals surface area (Å²) in [6, 6.07) is 16.6. The molecule has 9 N–H and O–H groups in total. The SMILES string of the molecule is Cc1cc(C)cc(-c2c3[nH]ccc3cn2O[C@@H]2[C@@H](Oc3ccc4c(=O)c(-c5ccc(O)cc5)coc4c3)O[C@@H]([C@@](O)(CO)OC(=O)[C@H](C(=O)O)[C@H](CCO)NC3CCCC3)[C@H](O)[C@H]2O)c1. The summed E-state index contributed by atoms with van der Waals surface area (Å²) in [5.41, 5.74) is 4.22. The summed E-state index contributed by atoms with van der Waals surface area (Å²) >= 11 is 0. The van der Waals surface area contributed by atoms with E-state index in [2.05, 4.69) is 10.3 Å². The zero-order chi connectivity index (χ0) is 46.2. The van der Waals surface area contributed by atoms with Gasteiger partial charge in [0, 0.05) is 41.9 Å². The zero-order valence-corrected chi connectivity index (χ0v) is 35.5. The molecule has 1 aliphatic carbocycles. The molecule has 0 spiro atoms. The molecule has 8 atom stereocenters. The van der Waals surface area contributed by atoms with Crippen LogP contribution in [0.2, 0.25) is 0 Å². The molecule has 0 bridgehead atoms. The minimum atomic E-state index is -3.19. The lowest BCUT2D eigenvalue weighted by Crippen LogP contribution is -2.69. The van der Waals surface area contributed by atoms with E-state index in [0.717, 1.165) is 29.5 Å². The fourth-order valence-corrected chi connectivity index (χ4v) is 8.90. The second-order valence-electron chi connectivity index (χ2n) is 16.8. The molecule has 0 unspecified atom stereocenters. The number of aliphatic hydroxyl groups is 5. The lowest BCUT2D eigenvalue weighted by Gasteiger charge is -2.46.